The highest BCUT2D eigenvalue weighted by molar-refractivity contribution is 8.00. The number of thioether (sulfide) groups is 1. The first-order valence-corrected chi connectivity index (χ1v) is 10.7. The van der Waals surface area contributed by atoms with Crippen LogP contribution in [0.2, 0.25) is 5.02 Å². The fraction of sp³-hybridized carbons (Fsp3) is 0.435. The van der Waals surface area contributed by atoms with Crippen molar-refractivity contribution in [3.05, 3.63) is 64.7 Å². The molecule has 2 aromatic rings. The van der Waals surface area contributed by atoms with Gasteiger partial charge in [-0.1, -0.05) is 68.1 Å². The molecule has 1 N–H and O–H groups in total. The Hall–Kier alpha value is -1.45. The topological polar surface area (TPSA) is 37.3 Å². The van der Waals surface area contributed by atoms with Gasteiger partial charge in [-0.25, -0.2) is 0 Å². The molecule has 1 unspecified atom stereocenters. The predicted molar refractivity (Wildman–Crippen MR) is 116 cm³/mol. The maximum atomic E-state index is 11.9. The first-order valence-electron chi connectivity index (χ1n) is 9.48. The van der Waals surface area contributed by atoms with E-state index in [0.717, 1.165) is 42.0 Å². The maximum Gasteiger partial charge on any atom is 0.317 e. The molecule has 0 saturated carbocycles. The van der Waals surface area contributed by atoms with Crippen LogP contribution in [-0.4, -0.2) is 16.3 Å². The van der Waals surface area contributed by atoms with E-state index in [9.17, 15) is 9.90 Å². The normalized spacial score (nSPS) is 12.7. The highest BCUT2D eigenvalue weighted by atomic mass is 35.5. The van der Waals surface area contributed by atoms with Crippen LogP contribution in [-0.2, 0) is 11.2 Å². The third-order valence-electron chi connectivity index (χ3n) is 4.91. The van der Waals surface area contributed by atoms with E-state index in [4.69, 9.17) is 11.6 Å². The summed E-state index contributed by atoms with van der Waals surface area (Å²) in [7, 11) is 0. The molecule has 1 atom stereocenters. The number of aliphatic carboxylic acids is 1. The van der Waals surface area contributed by atoms with Crippen molar-refractivity contribution in [3.8, 4) is 0 Å². The molecule has 0 fully saturated rings. The number of rotatable bonds is 10. The Kier molecular flexibility index (Phi) is 8.25. The van der Waals surface area contributed by atoms with E-state index >= 15 is 0 Å². The van der Waals surface area contributed by atoms with Gasteiger partial charge in [-0.3, -0.25) is 4.79 Å². The lowest BCUT2D eigenvalue weighted by molar-refractivity contribution is -0.138. The number of aryl methyl sites for hydroxylation is 2. The molecule has 0 heterocycles. The maximum absolute atomic E-state index is 11.9. The van der Waals surface area contributed by atoms with Gasteiger partial charge < -0.3 is 5.11 Å². The van der Waals surface area contributed by atoms with Crippen molar-refractivity contribution in [1.29, 1.82) is 0 Å². The Bertz CT molecular complexity index is 723. The van der Waals surface area contributed by atoms with Gasteiger partial charge in [0, 0.05) is 9.92 Å². The lowest BCUT2D eigenvalue weighted by Crippen LogP contribution is -2.33. The molecular weight excluding hydrogens is 376 g/mol. The van der Waals surface area contributed by atoms with E-state index in [1.54, 1.807) is 0 Å². The number of carboxylic acid groups (broad SMARTS) is 1. The van der Waals surface area contributed by atoms with Crippen LogP contribution in [0, 0.1) is 12.3 Å². The molecule has 0 aliphatic heterocycles. The van der Waals surface area contributed by atoms with E-state index in [1.165, 1.54) is 22.9 Å². The van der Waals surface area contributed by atoms with Crippen molar-refractivity contribution < 1.29 is 9.90 Å². The minimum absolute atomic E-state index is 0.262. The van der Waals surface area contributed by atoms with Crippen molar-refractivity contribution in [2.24, 2.45) is 5.41 Å². The minimum Gasteiger partial charge on any atom is -0.480 e. The van der Waals surface area contributed by atoms with Crippen LogP contribution in [0.4, 0.5) is 0 Å². The molecule has 0 aliphatic rings. The standard InChI is InChI=1S/C23H29ClO2S/c1-17-8-14-20(15-9-17)27-21(22(25)26)23(2,3)16-6-4-5-7-18-10-12-19(24)13-11-18/h8-15,21H,4-7,16H2,1-3H3,(H,25,26). The monoisotopic (exact) mass is 404 g/mol. The van der Waals surface area contributed by atoms with Gasteiger partial charge in [-0.05, 0) is 61.4 Å². The summed E-state index contributed by atoms with van der Waals surface area (Å²) in [6.07, 6.45) is 5.20. The number of halogens is 1. The van der Waals surface area contributed by atoms with Gasteiger partial charge in [-0.15, -0.1) is 11.8 Å². The zero-order valence-electron chi connectivity index (χ0n) is 16.4. The van der Waals surface area contributed by atoms with E-state index in [-0.39, 0.29) is 5.41 Å². The Morgan fingerprint density at radius 1 is 1.04 bits per heavy atom. The first-order chi connectivity index (χ1) is 12.8. The second-order valence-corrected chi connectivity index (χ2v) is 9.44. The number of hydrogen-bond acceptors (Lipinski definition) is 2. The molecule has 4 heteroatoms. The van der Waals surface area contributed by atoms with E-state index < -0.39 is 11.2 Å². The molecule has 27 heavy (non-hydrogen) atoms. The highest BCUT2D eigenvalue weighted by Crippen LogP contribution is 2.39. The van der Waals surface area contributed by atoms with Crippen LogP contribution < -0.4 is 0 Å². The molecule has 0 saturated heterocycles. The fourth-order valence-electron chi connectivity index (χ4n) is 3.17. The Morgan fingerprint density at radius 2 is 1.67 bits per heavy atom. The first kappa shape index (κ1) is 21.8. The summed E-state index contributed by atoms with van der Waals surface area (Å²) < 4.78 is 0. The molecule has 0 aliphatic carbocycles. The van der Waals surface area contributed by atoms with Gasteiger partial charge in [-0.2, -0.15) is 0 Å². The lowest BCUT2D eigenvalue weighted by Gasteiger charge is -2.31. The van der Waals surface area contributed by atoms with Gasteiger partial charge in [0.15, 0.2) is 0 Å². The van der Waals surface area contributed by atoms with E-state index in [1.807, 2.05) is 43.3 Å². The minimum atomic E-state index is -0.730. The zero-order chi connectivity index (χ0) is 19.9. The predicted octanol–water partition coefficient (Wildman–Crippen LogP) is 7.02. The number of carboxylic acids is 1. The third kappa shape index (κ3) is 7.23. The van der Waals surface area contributed by atoms with Crippen LogP contribution in [0.1, 0.15) is 50.7 Å². The Labute approximate surface area is 172 Å². The van der Waals surface area contributed by atoms with Crippen LogP contribution in [0.25, 0.3) is 0 Å². The molecule has 0 spiro atoms. The summed E-state index contributed by atoms with van der Waals surface area (Å²) in [4.78, 5) is 12.9. The van der Waals surface area contributed by atoms with Crippen molar-refractivity contribution in [2.45, 2.75) is 63.0 Å². The molecule has 0 bridgehead atoms. The quantitative estimate of drug-likeness (QED) is 0.341. The number of hydrogen-bond donors (Lipinski definition) is 1. The summed E-state index contributed by atoms with van der Waals surface area (Å²) in [6, 6.07) is 16.1. The summed E-state index contributed by atoms with van der Waals surface area (Å²) >= 11 is 7.38. The number of unbranched alkanes of at least 4 members (excludes halogenated alkanes) is 2. The molecule has 0 amide bonds. The summed E-state index contributed by atoms with van der Waals surface area (Å²) in [5.74, 6) is -0.730. The smallest absolute Gasteiger partial charge is 0.317 e. The molecule has 2 aromatic carbocycles. The van der Waals surface area contributed by atoms with Crippen LogP contribution in [0.15, 0.2) is 53.4 Å². The van der Waals surface area contributed by atoms with Gasteiger partial charge in [0.2, 0.25) is 0 Å². The average molecular weight is 405 g/mol. The molecule has 0 radical (unpaired) electrons. The summed E-state index contributed by atoms with van der Waals surface area (Å²) in [5.41, 5.74) is 2.23. The highest BCUT2D eigenvalue weighted by Gasteiger charge is 2.35. The zero-order valence-corrected chi connectivity index (χ0v) is 17.9. The Balaban J connectivity index is 1.83. The Morgan fingerprint density at radius 3 is 2.26 bits per heavy atom. The number of carbonyl (C=O) groups is 1. The molecular formula is C23H29ClO2S. The summed E-state index contributed by atoms with van der Waals surface area (Å²) in [6.45, 7) is 6.19. The van der Waals surface area contributed by atoms with Gasteiger partial charge in [0.05, 0.1) is 0 Å². The van der Waals surface area contributed by atoms with E-state index in [2.05, 4.69) is 26.0 Å². The molecule has 2 rings (SSSR count). The largest absolute Gasteiger partial charge is 0.480 e. The molecule has 0 aromatic heterocycles. The fourth-order valence-corrected chi connectivity index (χ4v) is 4.39. The molecule has 2 nitrogen and oxygen atoms in total. The van der Waals surface area contributed by atoms with Crippen LogP contribution in [0.5, 0.6) is 0 Å². The number of benzene rings is 2. The second kappa shape index (κ2) is 10.2. The van der Waals surface area contributed by atoms with Crippen LogP contribution >= 0.6 is 23.4 Å². The van der Waals surface area contributed by atoms with E-state index in [0.29, 0.717) is 0 Å². The van der Waals surface area contributed by atoms with Crippen molar-refractivity contribution >= 4 is 29.3 Å². The van der Waals surface area contributed by atoms with Gasteiger partial charge in [0.25, 0.3) is 0 Å². The third-order valence-corrected chi connectivity index (χ3v) is 6.78. The lowest BCUT2D eigenvalue weighted by atomic mass is 9.83. The van der Waals surface area contributed by atoms with Crippen molar-refractivity contribution in [2.75, 3.05) is 0 Å². The van der Waals surface area contributed by atoms with Gasteiger partial charge in [0.1, 0.15) is 5.25 Å². The van der Waals surface area contributed by atoms with Gasteiger partial charge >= 0.3 is 5.97 Å². The summed E-state index contributed by atoms with van der Waals surface area (Å²) in [5, 5.41) is 10.1. The van der Waals surface area contributed by atoms with Crippen molar-refractivity contribution in [1.82, 2.24) is 0 Å². The average Bonchev–Trinajstić information content (AvgIpc) is 2.62. The second-order valence-electron chi connectivity index (χ2n) is 7.82. The molecule has 146 valence electrons. The SMILES string of the molecule is Cc1ccc(SC(C(=O)O)C(C)(C)CCCCCc2ccc(Cl)cc2)cc1. The van der Waals surface area contributed by atoms with Crippen LogP contribution in [0.3, 0.4) is 0 Å². The van der Waals surface area contributed by atoms with Crippen molar-refractivity contribution in [3.63, 3.8) is 0 Å².